The van der Waals surface area contributed by atoms with Gasteiger partial charge in [0.05, 0.1) is 18.1 Å². The molecule has 1 N–H and O–H groups in total. The number of carbonyl (C=O) groups excluding carboxylic acids is 1. The number of carboxylic acid groups (broad SMARTS) is 1. The molecule has 1 spiro atoms. The van der Waals surface area contributed by atoms with E-state index in [1.807, 2.05) is 44.2 Å². The van der Waals surface area contributed by atoms with Gasteiger partial charge in [-0.25, -0.2) is 0 Å². The Labute approximate surface area is 146 Å². The van der Waals surface area contributed by atoms with Crippen molar-refractivity contribution in [2.75, 3.05) is 4.90 Å². The Hall–Kier alpha value is -2.40. The van der Waals surface area contributed by atoms with Crippen LogP contribution in [-0.2, 0) is 14.3 Å². The minimum Gasteiger partial charge on any atom is -0.481 e. The molecule has 1 aromatic rings. The van der Waals surface area contributed by atoms with Crippen molar-refractivity contribution in [1.29, 1.82) is 0 Å². The summed E-state index contributed by atoms with van der Waals surface area (Å²) < 4.78 is 6.14. The predicted octanol–water partition coefficient (Wildman–Crippen LogP) is 2.70. The molecule has 5 heteroatoms. The maximum atomic E-state index is 13.4. The highest BCUT2D eigenvalue weighted by Crippen LogP contribution is 2.57. The van der Waals surface area contributed by atoms with Crippen LogP contribution in [0.15, 0.2) is 48.6 Å². The normalized spacial score (nSPS) is 35.3. The maximum Gasteiger partial charge on any atom is 0.310 e. The Morgan fingerprint density at radius 3 is 2.76 bits per heavy atom. The summed E-state index contributed by atoms with van der Waals surface area (Å²) in [7, 11) is 0. The molecule has 0 aliphatic carbocycles. The number of amides is 1. The van der Waals surface area contributed by atoms with Crippen LogP contribution < -0.4 is 4.90 Å². The smallest absolute Gasteiger partial charge is 0.310 e. The molecule has 3 aliphatic rings. The number of hydrogen-bond acceptors (Lipinski definition) is 3. The zero-order valence-corrected chi connectivity index (χ0v) is 14.3. The lowest BCUT2D eigenvalue weighted by Crippen LogP contribution is -2.45. The molecular weight excluding hydrogens is 318 g/mol. The van der Waals surface area contributed by atoms with E-state index < -0.39 is 29.5 Å². The van der Waals surface area contributed by atoms with Crippen LogP contribution in [0.1, 0.15) is 18.9 Å². The summed E-state index contributed by atoms with van der Waals surface area (Å²) >= 11 is 0. The van der Waals surface area contributed by atoms with Gasteiger partial charge in [0.25, 0.3) is 0 Å². The molecule has 0 radical (unpaired) electrons. The number of carboxylic acids is 1. The van der Waals surface area contributed by atoms with Gasteiger partial charge in [0, 0.05) is 5.69 Å². The number of ether oxygens (including phenoxy) is 1. The third kappa shape index (κ3) is 2.05. The Morgan fingerprint density at radius 2 is 2.12 bits per heavy atom. The van der Waals surface area contributed by atoms with E-state index in [1.165, 1.54) is 0 Å². The Balaban J connectivity index is 1.87. The fourth-order valence-electron chi connectivity index (χ4n) is 4.63. The molecule has 2 bridgehead atoms. The highest BCUT2D eigenvalue weighted by Gasteiger charge is 2.71. The topological polar surface area (TPSA) is 66.8 Å². The Bertz CT molecular complexity index is 814. The molecular formula is C20H21NO4. The molecule has 2 saturated heterocycles. The molecule has 4 rings (SSSR count). The van der Waals surface area contributed by atoms with Crippen LogP contribution in [-0.4, -0.2) is 34.7 Å². The molecule has 25 heavy (non-hydrogen) atoms. The predicted molar refractivity (Wildman–Crippen MR) is 93.2 cm³/mol. The number of nitrogens with zero attached hydrogens (tertiary/aromatic N) is 1. The molecule has 3 aliphatic heterocycles. The average molecular weight is 339 g/mol. The van der Waals surface area contributed by atoms with Gasteiger partial charge in [-0.05, 0) is 31.9 Å². The number of anilines is 1. The fourth-order valence-corrected chi connectivity index (χ4v) is 4.63. The van der Waals surface area contributed by atoms with E-state index in [0.717, 1.165) is 16.8 Å². The molecule has 5 atom stereocenters. The zero-order chi connectivity index (χ0) is 17.9. The van der Waals surface area contributed by atoms with Crippen LogP contribution in [0, 0.1) is 18.8 Å². The van der Waals surface area contributed by atoms with Gasteiger partial charge in [0.15, 0.2) is 0 Å². The van der Waals surface area contributed by atoms with Gasteiger partial charge in [-0.2, -0.15) is 0 Å². The molecule has 2 fully saturated rings. The quantitative estimate of drug-likeness (QED) is 0.857. The van der Waals surface area contributed by atoms with Gasteiger partial charge in [-0.3, -0.25) is 9.59 Å². The molecule has 0 aromatic heterocycles. The first-order valence-corrected chi connectivity index (χ1v) is 8.50. The van der Waals surface area contributed by atoms with E-state index in [4.69, 9.17) is 4.74 Å². The van der Waals surface area contributed by atoms with Crippen molar-refractivity contribution in [3.8, 4) is 0 Å². The summed E-state index contributed by atoms with van der Waals surface area (Å²) in [5.41, 5.74) is 1.84. The van der Waals surface area contributed by atoms with Gasteiger partial charge in [0.1, 0.15) is 11.5 Å². The summed E-state index contributed by atoms with van der Waals surface area (Å²) in [6.45, 7) is 7.88. The number of carbonyl (C=O) groups is 2. The molecule has 1 amide bonds. The van der Waals surface area contributed by atoms with Crippen molar-refractivity contribution >= 4 is 17.6 Å². The van der Waals surface area contributed by atoms with Crippen molar-refractivity contribution in [1.82, 2.24) is 0 Å². The van der Waals surface area contributed by atoms with Crippen LogP contribution >= 0.6 is 0 Å². The van der Waals surface area contributed by atoms with E-state index in [2.05, 4.69) is 6.58 Å². The van der Waals surface area contributed by atoms with Gasteiger partial charge in [-0.1, -0.05) is 35.9 Å². The summed E-state index contributed by atoms with van der Waals surface area (Å²) in [4.78, 5) is 26.9. The number of aliphatic carboxylic acids is 1. The first-order valence-electron chi connectivity index (χ1n) is 8.50. The monoisotopic (exact) mass is 339 g/mol. The number of fused-ring (bicyclic) bond motifs is 1. The molecule has 0 unspecified atom stereocenters. The van der Waals surface area contributed by atoms with Crippen molar-refractivity contribution in [3.05, 3.63) is 54.1 Å². The number of rotatable bonds is 4. The van der Waals surface area contributed by atoms with Crippen LogP contribution in [0.25, 0.3) is 0 Å². The van der Waals surface area contributed by atoms with Crippen LogP contribution in [0.2, 0.25) is 0 Å². The first kappa shape index (κ1) is 16.1. The number of aryl methyl sites for hydroxylation is 1. The SMILES string of the molecule is C=C(C)C[C@H]1N(c2ccccc2C)C(=O)[C@@H]2[C@@H](C(=O)O)[C@@H]3C=C[C@]21O3. The number of benzene rings is 1. The third-order valence-electron chi connectivity index (χ3n) is 5.62. The standard InChI is InChI=1S/C20H21NO4/c1-11(2)10-15-20-9-8-14(25-20)16(19(23)24)17(20)18(22)21(15)13-7-5-4-6-12(13)3/h4-9,14-17H,1,10H2,2-3H3,(H,23,24)/t14-,15+,16-,17-,20+/m0/s1. The molecule has 5 nitrogen and oxygen atoms in total. The second-order valence-electron chi connectivity index (χ2n) is 7.31. The first-order chi connectivity index (χ1) is 11.9. The highest BCUT2D eigenvalue weighted by molar-refractivity contribution is 6.03. The lowest BCUT2D eigenvalue weighted by Gasteiger charge is -2.34. The minimum absolute atomic E-state index is 0.167. The summed E-state index contributed by atoms with van der Waals surface area (Å²) in [5.74, 6) is -2.67. The summed E-state index contributed by atoms with van der Waals surface area (Å²) in [6, 6.07) is 7.39. The van der Waals surface area contributed by atoms with E-state index in [-0.39, 0.29) is 11.9 Å². The number of hydrogen-bond donors (Lipinski definition) is 1. The summed E-state index contributed by atoms with van der Waals surface area (Å²) in [5, 5.41) is 9.67. The minimum atomic E-state index is -0.977. The van der Waals surface area contributed by atoms with Crippen molar-refractivity contribution in [2.45, 2.75) is 38.0 Å². The average Bonchev–Trinajstić information content (AvgIpc) is 3.18. The van der Waals surface area contributed by atoms with Gasteiger partial charge in [0.2, 0.25) is 5.91 Å². The zero-order valence-electron chi connectivity index (χ0n) is 14.3. The van der Waals surface area contributed by atoms with Crippen LogP contribution in [0.3, 0.4) is 0 Å². The molecule has 1 aromatic carbocycles. The van der Waals surface area contributed by atoms with Crippen molar-refractivity contribution in [2.24, 2.45) is 11.8 Å². The maximum absolute atomic E-state index is 13.4. The Morgan fingerprint density at radius 1 is 1.40 bits per heavy atom. The Kier molecular flexibility index (Phi) is 3.41. The van der Waals surface area contributed by atoms with E-state index in [1.54, 1.807) is 11.0 Å². The highest BCUT2D eigenvalue weighted by atomic mass is 16.5. The third-order valence-corrected chi connectivity index (χ3v) is 5.62. The van der Waals surface area contributed by atoms with E-state index in [0.29, 0.717) is 6.42 Å². The largest absolute Gasteiger partial charge is 0.481 e. The molecule has 130 valence electrons. The van der Waals surface area contributed by atoms with Gasteiger partial charge < -0.3 is 14.7 Å². The van der Waals surface area contributed by atoms with E-state index >= 15 is 0 Å². The lowest BCUT2D eigenvalue weighted by atomic mass is 9.74. The molecule has 3 heterocycles. The summed E-state index contributed by atoms with van der Waals surface area (Å²) in [6.07, 6.45) is 3.75. The van der Waals surface area contributed by atoms with E-state index in [9.17, 15) is 14.7 Å². The van der Waals surface area contributed by atoms with Crippen molar-refractivity contribution < 1.29 is 19.4 Å². The lowest BCUT2D eigenvalue weighted by molar-refractivity contribution is -0.146. The second kappa shape index (κ2) is 5.30. The van der Waals surface area contributed by atoms with Crippen molar-refractivity contribution in [3.63, 3.8) is 0 Å². The van der Waals surface area contributed by atoms with Crippen LogP contribution in [0.5, 0.6) is 0 Å². The van der Waals surface area contributed by atoms with Gasteiger partial charge >= 0.3 is 5.97 Å². The van der Waals surface area contributed by atoms with Gasteiger partial charge in [-0.15, -0.1) is 6.58 Å². The second-order valence-corrected chi connectivity index (χ2v) is 7.31. The fraction of sp³-hybridized carbons (Fsp3) is 0.400. The van der Waals surface area contributed by atoms with Crippen LogP contribution in [0.4, 0.5) is 5.69 Å². The number of para-hydroxylation sites is 1. The molecule has 0 saturated carbocycles.